The standard InChI is InChI=1S/C27H23Cl3FNO5/c1-2-35-27(34)19-9-12-36-24-15-25(22(30)14-20(19)24)37-18-6-3-16(4-7-18)26(33)32(11-10-31)23-8-5-17(28)13-21(23)29/h3-8,13-15,19H,2,9-12H2,1H3. The molecule has 6 nitrogen and oxygen atoms in total. The second-order valence-corrected chi connectivity index (χ2v) is 9.38. The van der Waals surface area contributed by atoms with Crippen molar-refractivity contribution in [3.63, 3.8) is 0 Å². The monoisotopic (exact) mass is 565 g/mol. The molecule has 0 saturated heterocycles. The lowest BCUT2D eigenvalue weighted by Gasteiger charge is -2.25. The molecule has 1 aliphatic heterocycles. The third-order valence-electron chi connectivity index (χ3n) is 5.76. The van der Waals surface area contributed by atoms with Crippen molar-refractivity contribution in [2.75, 3.05) is 31.3 Å². The summed E-state index contributed by atoms with van der Waals surface area (Å²) in [6, 6.07) is 14.3. The molecule has 0 radical (unpaired) electrons. The number of alkyl halides is 1. The van der Waals surface area contributed by atoms with Gasteiger partial charge in [0.1, 0.15) is 23.9 Å². The molecule has 4 rings (SSSR count). The summed E-state index contributed by atoms with van der Waals surface area (Å²) in [4.78, 5) is 26.7. The zero-order chi connectivity index (χ0) is 26.5. The van der Waals surface area contributed by atoms with Gasteiger partial charge in [0.25, 0.3) is 5.91 Å². The summed E-state index contributed by atoms with van der Waals surface area (Å²) >= 11 is 18.7. The van der Waals surface area contributed by atoms with E-state index in [1.807, 2.05) is 0 Å². The van der Waals surface area contributed by atoms with Gasteiger partial charge in [0, 0.05) is 22.2 Å². The van der Waals surface area contributed by atoms with E-state index in [9.17, 15) is 14.0 Å². The average Bonchev–Trinajstić information content (AvgIpc) is 2.88. The molecule has 1 amide bonds. The van der Waals surface area contributed by atoms with Crippen molar-refractivity contribution in [2.45, 2.75) is 19.3 Å². The quantitative estimate of drug-likeness (QED) is 0.264. The number of esters is 1. The largest absolute Gasteiger partial charge is 0.493 e. The molecule has 3 aromatic carbocycles. The molecule has 1 atom stereocenters. The van der Waals surface area contributed by atoms with Gasteiger partial charge in [-0.1, -0.05) is 34.8 Å². The Kier molecular flexibility index (Phi) is 8.79. The predicted molar refractivity (Wildman–Crippen MR) is 142 cm³/mol. The Balaban J connectivity index is 1.53. The minimum atomic E-state index is -0.748. The first kappa shape index (κ1) is 27.0. The lowest BCUT2D eigenvalue weighted by atomic mass is 9.93. The Morgan fingerprint density at radius 2 is 1.81 bits per heavy atom. The summed E-state index contributed by atoms with van der Waals surface area (Å²) in [6.07, 6.45) is 0.499. The maximum atomic E-state index is 13.3. The number of carbonyl (C=O) groups excluding carboxylic acids is 2. The molecule has 1 heterocycles. The fourth-order valence-electron chi connectivity index (χ4n) is 4.02. The van der Waals surface area contributed by atoms with Crippen molar-refractivity contribution in [3.05, 3.63) is 80.8 Å². The summed E-state index contributed by atoms with van der Waals surface area (Å²) in [7, 11) is 0. The van der Waals surface area contributed by atoms with Gasteiger partial charge >= 0.3 is 5.97 Å². The zero-order valence-electron chi connectivity index (χ0n) is 19.8. The van der Waals surface area contributed by atoms with Gasteiger partial charge in [-0.3, -0.25) is 9.59 Å². The van der Waals surface area contributed by atoms with Gasteiger partial charge in [-0.05, 0) is 61.9 Å². The molecule has 0 fully saturated rings. The number of hydrogen-bond acceptors (Lipinski definition) is 5. The third-order valence-corrected chi connectivity index (χ3v) is 6.59. The molecule has 0 aromatic heterocycles. The van der Waals surface area contributed by atoms with E-state index in [0.29, 0.717) is 57.1 Å². The third kappa shape index (κ3) is 6.12. The van der Waals surface area contributed by atoms with E-state index < -0.39 is 18.5 Å². The first-order valence-corrected chi connectivity index (χ1v) is 12.7. The minimum absolute atomic E-state index is 0.171. The molecule has 0 aliphatic carbocycles. The number of rotatable bonds is 8. The van der Waals surface area contributed by atoms with Crippen LogP contribution in [-0.2, 0) is 9.53 Å². The SMILES string of the molecule is CCOC(=O)C1CCOc2cc(Oc3ccc(C(=O)N(CCF)c4ccc(Cl)cc4Cl)cc3)c(Cl)cc21. The molecule has 3 aromatic rings. The summed E-state index contributed by atoms with van der Waals surface area (Å²) in [5.74, 6) is 0.0327. The molecular weight excluding hydrogens is 544 g/mol. The van der Waals surface area contributed by atoms with Gasteiger partial charge in [0.05, 0.1) is 41.4 Å². The first-order chi connectivity index (χ1) is 17.8. The normalized spacial score (nSPS) is 14.4. The van der Waals surface area contributed by atoms with Crippen LogP contribution in [0.15, 0.2) is 54.6 Å². The molecule has 0 bridgehead atoms. The van der Waals surface area contributed by atoms with E-state index in [4.69, 9.17) is 49.0 Å². The van der Waals surface area contributed by atoms with Gasteiger partial charge in [-0.15, -0.1) is 0 Å². The zero-order valence-corrected chi connectivity index (χ0v) is 22.1. The van der Waals surface area contributed by atoms with E-state index >= 15 is 0 Å². The van der Waals surface area contributed by atoms with Crippen molar-refractivity contribution in [1.82, 2.24) is 0 Å². The molecule has 1 aliphatic rings. The van der Waals surface area contributed by atoms with Crippen molar-refractivity contribution < 1.29 is 28.2 Å². The van der Waals surface area contributed by atoms with Gasteiger partial charge in [-0.2, -0.15) is 0 Å². The van der Waals surface area contributed by atoms with E-state index in [1.54, 1.807) is 55.5 Å². The molecule has 1 unspecified atom stereocenters. The Bertz CT molecular complexity index is 1300. The van der Waals surface area contributed by atoms with Crippen LogP contribution in [0.25, 0.3) is 0 Å². The Labute approximate surface area is 228 Å². The first-order valence-electron chi connectivity index (χ1n) is 11.6. The topological polar surface area (TPSA) is 65.1 Å². The summed E-state index contributed by atoms with van der Waals surface area (Å²) in [5.41, 5.74) is 1.32. The molecule has 37 heavy (non-hydrogen) atoms. The fraction of sp³-hybridized carbons (Fsp3) is 0.259. The Morgan fingerprint density at radius 3 is 2.49 bits per heavy atom. The van der Waals surface area contributed by atoms with Gasteiger partial charge in [-0.25, -0.2) is 4.39 Å². The van der Waals surface area contributed by atoms with Crippen LogP contribution in [0.4, 0.5) is 10.1 Å². The van der Waals surface area contributed by atoms with E-state index in [1.165, 1.54) is 11.0 Å². The number of amides is 1. The highest BCUT2D eigenvalue weighted by Gasteiger charge is 2.30. The summed E-state index contributed by atoms with van der Waals surface area (Å²) < 4.78 is 30.1. The van der Waals surface area contributed by atoms with Crippen LogP contribution in [0.3, 0.4) is 0 Å². The minimum Gasteiger partial charge on any atom is -0.493 e. The van der Waals surface area contributed by atoms with Crippen molar-refractivity contribution in [1.29, 1.82) is 0 Å². The van der Waals surface area contributed by atoms with Crippen molar-refractivity contribution in [2.24, 2.45) is 0 Å². The van der Waals surface area contributed by atoms with Gasteiger partial charge < -0.3 is 19.1 Å². The highest BCUT2D eigenvalue weighted by molar-refractivity contribution is 6.37. The maximum absolute atomic E-state index is 13.3. The highest BCUT2D eigenvalue weighted by Crippen LogP contribution is 2.42. The molecule has 10 heteroatoms. The van der Waals surface area contributed by atoms with Crippen molar-refractivity contribution >= 4 is 52.4 Å². The number of ether oxygens (including phenoxy) is 3. The molecule has 194 valence electrons. The van der Waals surface area contributed by atoms with Crippen LogP contribution in [0.5, 0.6) is 17.2 Å². The number of anilines is 1. The lowest BCUT2D eigenvalue weighted by Crippen LogP contribution is -2.33. The van der Waals surface area contributed by atoms with Crippen LogP contribution in [0.2, 0.25) is 15.1 Å². The van der Waals surface area contributed by atoms with E-state index in [2.05, 4.69) is 0 Å². The van der Waals surface area contributed by atoms with Crippen LogP contribution < -0.4 is 14.4 Å². The summed E-state index contributed by atoms with van der Waals surface area (Å²) in [6.45, 7) is 1.49. The maximum Gasteiger partial charge on any atom is 0.313 e. The Morgan fingerprint density at radius 1 is 1.05 bits per heavy atom. The Hall–Kier alpha value is -3.00. The number of carbonyl (C=O) groups is 2. The van der Waals surface area contributed by atoms with Crippen LogP contribution in [-0.4, -0.2) is 38.3 Å². The molecule has 0 spiro atoms. The number of nitrogens with zero attached hydrogens (tertiary/aromatic N) is 1. The average molecular weight is 567 g/mol. The predicted octanol–water partition coefficient (Wildman–Crippen LogP) is 7.48. The van der Waals surface area contributed by atoms with E-state index in [-0.39, 0.29) is 24.1 Å². The van der Waals surface area contributed by atoms with Gasteiger partial charge in [0.2, 0.25) is 0 Å². The number of halogens is 4. The smallest absolute Gasteiger partial charge is 0.313 e. The fourth-order valence-corrected chi connectivity index (χ4v) is 4.74. The van der Waals surface area contributed by atoms with Crippen LogP contribution in [0.1, 0.15) is 35.2 Å². The number of hydrogen-bond donors (Lipinski definition) is 0. The second-order valence-electron chi connectivity index (χ2n) is 8.13. The van der Waals surface area contributed by atoms with Gasteiger partial charge in [0.15, 0.2) is 0 Å². The highest BCUT2D eigenvalue weighted by atomic mass is 35.5. The molecular formula is C27H23Cl3FNO5. The van der Waals surface area contributed by atoms with Crippen LogP contribution >= 0.6 is 34.8 Å². The second kappa shape index (κ2) is 12.0. The molecule has 0 N–H and O–H groups in total. The van der Waals surface area contributed by atoms with E-state index in [0.717, 1.165) is 0 Å². The lowest BCUT2D eigenvalue weighted by molar-refractivity contribution is -0.145. The number of benzene rings is 3. The summed E-state index contributed by atoms with van der Waals surface area (Å²) in [5, 5.41) is 0.944. The molecule has 0 saturated carbocycles. The number of fused-ring (bicyclic) bond motifs is 1. The van der Waals surface area contributed by atoms with Crippen molar-refractivity contribution in [3.8, 4) is 17.2 Å². The van der Waals surface area contributed by atoms with Crippen LogP contribution in [0, 0.1) is 0 Å².